The predicted molar refractivity (Wildman–Crippen MR) is 67.8 cm³/mol. The van der Waals surface area contributed by atoms with Gasteiger partial charge in [-0.05, 0) is 6.66 Å². The van der Waals surface area contributed by atoms with E-state index in [1.165, 1.54) is 0 Å². The number of fused-ring (bicyclic) bond motifs is 1. The Hall–Kier alpha value is -0.600. The second-order valence-corrected chi connectivity index (χ2v) is 6.18. The molecule has 3 nitrogen and oxygen atoms in total. The van der Waals surface area contributed by atoms with E-state index in [9.17, 15) is 0 Å². The summed E-state index contributed by atoms with van der Waals surface area (Å²) >= 11 is 1.59. The first-order valence-electron chi connectivity index (χ1n) is 4.82. The highest BCUT2D eigenvalue weighted by molar-refractivity contribution is 7.45. The van der Waals surface area contributed by atoms with Crippen LogP contribution in [0.15, 0.2) is 5.51 Å². The van der Waals surface area contributed by atoms with Gasteiger partial charge >= 0.3 is 0 Å². The van der Waals surface area contributed by atoms with Gasteiger partial charge in [0.15, 0.2) is 0 Å². The van der Waals surface area contributed by atoms with Gasteiger partial charge < -0.3 is 0 Å². The molecule has 1 atom stereocenters. The maximum Gasteiger partial charge on any atom is 0.149 e. The Morgan fingerprint density at radius 1 is 1.27 bits per heavy atom. The zero-order chi connectivity index (χ0) is 11.1. The van der Waals surface area contributed by atoms with Crippen molar-refractivity contribution >= 4 is 35.8 Å². The summed E-state index contributed by atoms with van der Waals surface area (Å²) in [7, 11) is 0.638. The zero-order valence-corrected chi connectivity index (χ0v) is 11.1. The van der Waals surface area contributed by atoms with Crippen LogP contribution in [0.4, 0.5) is 0 Å². The number of nitrogens with zero attached hydrogens (tertiary/aromatic N) is 3. The second-order valence-electron chi connectivity index (χ2n) is 4.40. The van der Waals surface area contributed by atoms with Crippen LogP contribution >= 0.6 is 19.9 Å². The van der Waals surface area contributed by atoms with Gasteiger partial charge in [0.05, 0.1) is 11.2 Å². The van der Waals surface area contributed by atoms with Crippen molar-refractivity contribution in [2.75, 3.05) is 6.66 Å². The lowest BCUT2D eigenvalue weighted by molar-refractivity contribution is 0.575. The first kappa shape index (κ1) is 10.9. The van der Waals surface area contributed by atoms with Gasteiger partial charge in [0, 0.05) is 5.41 Å². The molecule has 0 aliphatic rings. The van der Waals surface area contributed by atoms with Crippen LogP contribution < -0.4 is 5.57 Å². The van der Waals surface area contributed by atoms with Crippen molar-refractivity contribution in [2.45, 2.75) is 26.2 Å². The molecule has 0 saturated carbocycles. The molecule has 0 aromatic carbocycles. The van der Waals surface area contributed by atoms with Crippen molar-refractivity contribution in [3.63, 3.8) is 0 Å². The Bertz CT molecular complexity index is 487. The van der Waals surface area contributed by atoms with E-state index in [4.69, 9.17) is 0 Å². The Morgan fingerprint density at radius 3 is 2.60 bits per heavy atom. The minimum Gasteiger partial charge on any atom is -0.241 e. The smallest absolute Gasteiger partial charge is 0.149 e. The van der Waals surface area contributed by atoms with Gasteiger partial charge in [0.1, 0.15) is 15.9 Å². The summed E-state index contributed by atoms with van der Waals surface area (Å²) in [6.07, 6.45) is 0. The van der Waals surface area contributed by atoms with Crippen molar-refractivity contribution in [1.82, 2.24) is 15.0 Å². The molecule has 5 heteroatoms. The van der Waals surface area contributed by atoms with E-state index < -0.39 is 0 Å². The quantitative estimate of drug-likeness (QED) is 0.717. The molecule has 0 spiro atoms. The maximum absolute atomic E-state index is 4.61. The number of hydrogen-bond donors (Lipinski definition) is 0. The predicted octanol–water partition coefficient (Wildman–Crippen LogP) is 2.32. The third-order valence-electron chi connectivity index (χ3n) is 2.13. The van der Waals surface area contributed by atoms with Gasteiger partial charge in [0.2, 0.25) is 0 Å². The van der Waals surface area contributed by atoms with Crippen molar-refractivity contribution in [3.8, 4) is 0 Å². The minimum atomic E-state index is 0.0314. The van der Waals surface area contributed by atoms with E-state index >= 15 is 0 Å². The topological polar surface area (TPSA) is 38.7 Å². The summed E-state index contributed by atoms with van der Waals surface area (Å²) in [5, 5.41) is 0. The van der Waals surface area contributed by atoms with Crippen molar-refractivity contribution in [1.29, 1.82) is 0 Å². The minimum absolute atomic E-state index is 0.0314. The molecule has 1 unspecified atom stereocenters. The van der Waals surface area contributed by atoms with Crippen LogP contribution in [0.5, 0.6) is 0 Å². The third-order valence-corrected chi connectivity index (χ3v) is 3.52. The molecule has 80 valence electrons. The molecule has 0 radical (unpaired) electrons. The Morgan fingerprint density at radius 2 is 2.00 bits per heavy atom. The van der Waals surface area contributed by atoms with E-state index in [0.29, 0.717) is 8.58 Å². The van der Waals surface area contributed by atoms with Gasteiger partial charge in [-0.3, -0.25) is 0 Å². The van der Waals surface area contributed by atoms with Gasteiger partial charge in [-0.2, -0.15) is 0 Å². The highest BCUT2D eigenvalue weighted by atomic mass is 32.1. The maximum atomic E-state index is 4.61. The van der Waals surface area contributed by atoms with Gasteiger partial charge in [-0.1, -0.05) is 29.4 Å². The summed E-state index contributed by atoms with van der Waals surface area (Å²) in [4.78, 5) is 14.5. The lowest BCUT2D eigenvalue weighted by atomic mass is 9.91. The Kier molecular flexibility index (Phi) is 2.73. The lowest BCUT2D eigenvalue weighted by Gasteiger charge is -2.18. The highest BCUT2D eigenvalue weighted by Crippen LogP contribution is 2.27. The SMILES string of the molecule is CPc1nc(C(C)(C)C)c2ncsc2n1. The fourth-order valence-electron chi connectivity index (χ4n) is 1.40. The fourth-order valence-corrected chi connectivity index (χ4v) is 2.58. The van der Waals surface area contributed by atoms with E-state index in [1.54, 1.807) is 11.3 Å². The summed E-state index contributed by atoms with van der Waals surface area (Å²) < 4.78 is 0. The molecule has 0 bridgehead atoms. The molecule has 2 aromatic rings. The summed E-state index contributed by atoms with van der Waals surface area (Å²) in [6, 6.07) is 0. The standard InChI is InChI=1S/C10H14N3PS/c1-10(2,3)7-6-8(15-5-11-6)13-9(12-7)14-4/h5,14H,1-4H3. The van der Waals surface area contributed by atoms with Crippen LogP contribution in [0, 0.1) is 0 Å². The molecule has 15 heavy (non-hydrogen) atoms. The molecule has 2 aromatic heterocycles. The van der Waals surface area contributed by atoms with Crippen LogP contribution in [-0.2, 0) is 5.41 Å². The van der Waals surface area contributed by atoms with Crippen LogP contribution in [0.25, 0.3) is 10.3 Å². The molecule has 2 rings (SSSR count). The van der Waals surface area contributed by atoms with Gasteiger partial charge in [0.25, 0.3) is 0 Å². The van der Waals surface area contributed by atoms with Crippen molar-refractivity contribution < 1.29 is 0 Å². The number of thiazole rings is 1. The number of aromatic nitrogens is 3. The fraction of sp³-hybridized carbons (Fsp3) is 0.500. The van der Waals surface area contributed by atoms with E-state index in [0.717, 1.165) is 21.6 Å². The lowest BCUT2D eigenvalue weighted by Crippen LogP contribution is -2.20. The van der Waals surface area contributed by atoms with E-state index in [-0.39, 0.29) is 5.41 Å². The van der Waals surface area contributed by atoms with Crippen molar-refractivity contribution in [2.24, 2.45) is 0 Å². The van der Waals surface area contributed by atoms with Gasteiger partial charge in [-0.25, -0.2) is 15.0 Å². The average Bonchev–Trinajstić information content (AvgIpc) is 2.61. The zero-order valence-electron chi connectivity index (χ0n) is 9.33. The normalized spacial score (nSPS) is 13.1. The molecule has 0 fully saturated rings. The monoisotopic (exact) mass is 239 g/mol. The van der Waals surface area contributed by atoms with Crippen LogP contribution in [-0.4, -0.2) is 21.6 Å². The first-order valence-corrected chi connectivity index (χ1v) is 7.20. The highest BCUT2D eigenvalue weighted by Gasteiger charge is 2.21. The molecule has 0 amide bonds. The summed E-state index contributed by atoms with van der Waals surface area (Å²) in [6.45, 7) is 8.60. The second kappa shape index (κ2) is 3.76. The first-order chi connectivity index (χ1) is 7.02. The molecule has 0 saturated heterocycles. The molecule has 0 aliphatic heterocycles. The van der Waals surface area contributed by atoms with Crippen LogP contribution in [0.2, 0.25) is 0 Å². The van der Waals surface area contributed by atoms with Crippen molar-refractivity contribution in [3.05, 3.63) is 11.2 Å². The molecular formula is C10H14N3PS. The summed E-state index contributed by atoms with van der Waals surface area (Å²) in [5.74, 6) is 0. The van der Waals surface area contributed by atoms with E-state index in [2.05, 4.69) is 42.4 Å². The number of hydrogen-bond acceptors (Lipinski definition) is 4. The Balaban J connectivity index is 2.74. The summed E-state index contributed by atoms with van der Waals surface area (Å²) in [5.41, 5.74) is 4.85. The molecule has 2 heterocycles. The van der Waals surface area contributed by atoms with Crippen LogP contribution in [0.1, 0.15) is 26.5 Å². The number of rotatable bonds is 1. The molecule has 0 N–H and O–H groups in total. The molecular weight excluding hydrogens is 225 g/mol. The Labute approximate surface area is 95.2 Å². The van der Waals surface area contributed by atoms with E-state index in [1.807, 2.05) is 5.51 Å². The third kappa shape index (κ3) is 2.01. The molecule has 0 aliphatic carbocycles. The van der Waals surface area contributed by atoms with Gasteiger partial charge in [-0.15, -0.1) is 11.3 Å². The average molecular weight is 239 g/mol. The van der Waals surface area contributed by atoms with Crippen LogP contribution in [0.3, 0.4) is 0 Å². The largest absolute Gasteiger partial charge is 0.241 e.